The third-order valence-corrected chi connectivity index (χ3v) is 2.92. The maximum absolute atomic E-state index is 5.81. The second-order valence-electron chi connectivity index (χ2n) is 3.33. The van der Waals surface area contributed by atoms with Gasteiger partial charge in [-0.15, -0.1) is 0 Å². The summed E-state index contributed by atoms with van der Waals surface area (Å²) in [6, 6.07) is 5.59. The summed E-state index contributed by atoms with van der Waals surface area (Å²) in [5.74, 6) is 1.67. The molecule has 0 aromatic heterocycles. The Kier molecular flexibility index (Phi) is 2.80. The summed E-state index contributed by atoms with van der Waals surface area (Å²) < 4.78 is 6.54. The van der Waals surface area contributed by atoms with Crippen LogP contribution in [-0.4, -0.2) is 6.61 Å². The first-order valence-electron chi connectivity index (χ1n) is 4.33. The molecule has 1 aliphatic rings. The lowest BCUT2D eigenvalue weighted by atomic mass is 10.3. The highest BCUT2D eigenvalue weighted by atomic mass is 79.9. The smallest absolute Gasteiger partial charge is 0.133 e. The van der Waals surface area contributed by atoms with Crippen molar-refractivity contribution in [2.45, 2.75) is 12.8 Å². The van der Waals surface area contributed by atoms with Crippen molar-refractivity contribution < 1.29 is 4.74 Å². The molecule has 1 aromatic rings. The second kappa shape index (κ2) is 3.89. The van der Waals surface area contributed by atoms with E-state index in [4.69, 9.17) is 16.3 Å². The minimum atomic E-state index is 0.727. The maximum atomic E-state index is 5.81. The molecule has 0 saturated heterocycles. The predicted octanol–water partition coefficient (Wildman–Crippen LogP) is 3.89. The van der Waals surface area contributed by atoms with Gasteiger partial charge in [0.2, 0.25) is 0 Å². The molecule has 0 spiro atoms. The van der Waals surface area contributed by atoms with Crippen molar-refractivity contribution in [2.75, 3.05) is 6.61 Å². The Morgan fingerprint density at radius 3 is 2.85 bits per heavy atom. The first-order chi connectivity index (χ1) is 6.25. The molecule has 1 nitrogen and oxygen atoms in total. The minimum absolute atomic E-state index is 0.727. The van der Waals surface area contributed by atoms with Crippen molar-refractivity contribution in [1.82, 2.24) is 0 Å². The quantitative estimate of drug-likeness (QED) is 0.802. The Morgan fingerprint density at radius 2 is 2.23 bits per heavy atom. The Morgan fingerprint density at radius 1 is 1.46 bits per heavy atom. The monoisotopic (exact) mass is 260 g/mol. The van der Waals surface area contributed by atoms with E-state index in [2.05, 4.69) is 15.9 Å². The van der Waals surface area contributed by atoms with E-state index in [0.29, 0.717) is 0 Å². The van der Waals surface area contributed by atoms with Crippen molar-refractivity contribution in [2.24, 2.45) is 5.92 Å². The first-order valence-corrected chi connectivity index (χ1v) is 5.50. The van der Waals surface area contributed by atoms with E-state index in [1.54, 1.807) is 0 Å². The van der Waals surface area contributed by atoms with Crippen LogP contribution in [0.15, 0.2) is 22.7 Å². The van der Waals surface area contributed by atoms with E-state index in [9.17, 15) is 0 Å². The molecule has 0 bridgehead atoms. The first kappa shape index (κ1) is 9.35. The highest BCUT2D eigenvalue weighted by Gasteiger charge is 2.22. The van der Waals surface area contributed by atoms with Gasteiger partial charge in [-0.05, 0) is 52.9 Å². The van der Waals surface area contributed by atoms with E-state index in [-0.39, 0.29) is 0 Å². The summed E-state index contributed by atoms with van der Waals surface area (Å²) in [5.41, 5.74) is 0. The zero-order valence-corrected chi connectivity index (χ0v) is 9.44. The average Bonchev–Trinajstić information content (AvgIpc) is 2.86. The molecule has 0 aliphatic heterocycles. The van der Waals surface area contributed by atoms with Gasteiger partial charge in [-0.2, -0.15) is 0 Å². The molecule has 0 radical (unpaired) electrons. The number of hydrogen-bond donors (Lipinski definition) is 0. The Balaban J connectivity index is 2.01. The lowest BCUT2D eigenvalue weighted by molar-refractivity contribution is 0.298. The van der Waals surface area contributed by atoms with Gasteiger partial charge in [0, 0.05) is 5.02 Å². The third-order valence-electron chi connectivity index (χ3n) is 2.07. The van der Waals surface area contributed by atoms with Crippen LogP contribution in [-0.2, 0) is 0 Å². The molecule has 0 amide bonds. The summed E-state index contributed by atoms with van der Waals surface area (Å²) >= 11 is 9.21. The average molecular weight is 262 g/mol. The molecule has 0 unspecified atom stereocenters. The van der Waals surface area contributed by atoms with Gasteiger partial charge in [0.1, 0.15) is 5.75 Å². The fourth-order valence-electron chi connectivity index (χ4n) is 1.08. The lowest BCUT2D eigenvalue weighted by Gasteiger charge is -2.06. The zero-order chi connectivity index (χ0) is 9.26. The van der Waals surface area contributed by atoms with Crippen molar-refractivity contribution in [3.63, 3.8) is 0 Å². The normalized spacial score (nSPS) is 15.8. The highest BCUT2D eigenvalue weighted by Crippen LogP contribution is 2.32. The largest absolute Gasteiger partial charge is 0.492 e. The molecule has 70 valence electrons. The number of ether oxygens (including phenoxy) is 1. The Bertz CT molecular complexity index is 310. The number of benzene rings is 1. The Hall–Kier alpha value is -0.210. The van der Waals surface area contributed by atoms with Gasteiger partial charge in [-0.3, -0.25) is 0 Å². The molecule has 1 fully saturated rings. The van der Waals surface area contributed by atoms with Crippen LogP contribution in [0.2, 0.25) is 5.02 Å². The van der Waals surface area contributed by atoms with Gasteiger partial charge in [-0.25, -0.2) is 0 Å². The summed E-state index contributed by atoms with van der Waals surface area (Å²) in [6.45, 7) is 0.834. The zero-order valence-electron chi connectivity index (χ0n) is 7.09. The summed E-state index contributed by atoms with van der Waals surface area (Å²) in [4.78, 5) is 0. The molecule has 3 heteroatoms. The molecule has 13 heavy (non-hydrogen) atoms. The standard InChI is InChI=1S/C10H10BrClO/c11-9-5-8(12)3-4-10(9)13-6-7-1-2-7/h3-5,7H,1-2,6H2. The van der Waals surface area contributed by atoms with Crippen molar-refractivity contribution in [1.29, 1.82) is 0 Å². The van der Waals surface area contributed by atoms with E-state index >= 15 is 0 Å². The SMILES string of the molecule is Clc1ccc(OCC2CC2)c(Br)c1. The molecule has 2 rings (SSSR count). The molecule has 1 saturated carbocycles. The van der Waals surface area contributed by atoms with Crippen LogP contribution in [0.3, 0.4) is 0 Å². The van der Waals surface area contributed by atoms with E-state index in [1.165, 1.54) is 12.8 Å². The molecular formula is C10H10BrClO. The minimum Gasteiger partial charge on any atom is -0.492 e. The molecule has 0 N–H and O–H groups in total. The van der Waals surface area contributed by atoms with E-state index < -0.39 is 0 Å². The fourth-order valence-corrected chi connectivity index (χ4v) is 1.88. The lowest BCUT2D eigenvalue weighted by Crippen LogP contribution is -1.99. The highest BCUT2D eigenvalue weighted by molar-refractivity contribution is 9.10. The fraction of sp³-hybridized carbons (Fsp3) is 0.400. The van der Waals surface area contributed by atoms with Crippen LogP contribution in [0.5, 0.6) is 5.75 Å². The van der Waals surface area contributed by atoms with Crippen molar-refractivity contribution >= 4 is 27.5 Å². The van der Waals surface area contributed by atoms with Crippen LogP contribution in [0, 0.1) is 5.92 Å². The maximum Gasteiger partial charge on any atom is 0.133 e. The second-order valence-corrected chi connectivity index (χ2v) is 4.62. The Labute approximate surface area is 91.2 Å². The van der Waals surface area contributed by atoms with Crippen molar-refractivity contribution in [3.8, 4) is 5.75 Å². The van der Waals surface area contributed by atoms with Gasteiger partial charge >= 0.3 is 0 Å². The molecule has 0 heterocycles. The number of hydrogen-bond acceptors (Lipinski definition) is 1. The van der Waals surface area contributed by atoms with Crippen LogP contribution in [0.1, 0.15) is 12.8 Å². The van der Waals surface area contributed by atoms with Crippen LogP contribution >= 0.6 is 27.5 Å². The van der Waals surface area contributed by atoms with E-state index in [0.717, 1.165) is 27.8 Å². The third kappa shape index (κ3) is 2.61. The summed E-state index contributed by atoms with van der Waals surface area (Å²) in [5, 5.41) is 0.727. The predicted molar refractivity (Wildman–Crippen MR) is 57.4 cm³/mol. The molecular weight excluding hydrogens is 251 g/mol. The van der Waals surface area contributed by atoms with Crippen molar-refractivity contribution in [3.05, 3.63) is 27.7 Å². The van der Waals surface area contributed by atoms with Crippen LogP contribution < -0.4 is 4.74 Å². The van der Waals surface area contributed by atoms with Gasteiger partial charge in [-0.1, -0.05) is 11.6 Å². The van der Waals surface area contributed by atoms with Crippen LogP contribution in [0.4, 0.5) is 0 Å². The van der Waals surface area contributed by atoms with Gasteiger partial charge in [0.05, 0.1) is 11.1 Å². The van der Waals surface area contributed by atoms with Crippen LogP contribution in [0.25, 0.3) is 0 Å². The summed E-state index contributed by atoms with van der Waals surface area (Å²) in [6.07, 6.45) is 2.62. The number of rotatable bonds is 3. The van der Waals surface area contributed by atoms with E-state index in [1.807, 2.05) is 18.2 Å². The van der Waals surface area contributed by atoms with Gasteiger partial charge < -0.3 is 4.74 Å². The molecule has 0 atom stereocenters. The molecule has 1 aliphatic carbocycles. The van der Waals surface area contributed by atoms with Gasteiger partial charge in [0.15, 0.2) is 0 Å². The number of halogens is 2. The topological polar surface area (TPSA) is 9.23 Å². The van der Waals surface area contributed by atoms with Gasteiger partial charge in [0.25, 0.3) is 0 Å². The summed E-state index contributed by atoms with van der Waals surface area (Å²) in [7, 11) is 0. The molecule has 1 aromatic carbocycles.